The SMILES string of the molecule is CCNC(CC)c1nnc(-c2cccc(F)c2)s1. The second-order valence-corrected chi connectivity index (χ2v) is 4.98. The maximum absolute atomic E-state index is 13.1. The zero-order valence-corrected chi connectivity index (χ0v) is 11.3. The van der Waals surface area contributed by atoms with Gasteiger partial charge in [-0.3, -0.25) is 0 Å². The van der Waals surface area contributed by atoms with Crippen LogP contribution in [0.15, 0.2) is 24.3 Å². The topological polar surface area (TPSA) is 37.8 Å². The molecule has 1 aromatic carbocycles. The Labute approximate surface area is 110 Å². The zero-order valence-electron chi connectivity index (χ0n) is 10.5. The van der Waals surface area contributed by atoms with Crippen LogP contribution in [-0.2, 0) is 0 Å². The summed E-state index contributed by atoms with van der Waals surface area (Å²) in [6.45, 7) is 5.07. The third-order valence-electron chi connectivity index (χ3n) is 2.67. The van der Waals surface area contributed by atoms with E-state index >= 15 is 0 Å². The van der Waals surface area contributed by atoms with E-state index < -0.39 is 0 Å². The summed E-state index contributed by atoms with van der Waals surface area (Å²) in [5.41, 5.74) is 0.783. The van der Waals surface area contributed by atoms with Gasteiger partial charge in [0.2, 0.25) is 0 Å². The molecule has 5 heteroatoms. The first-order valence-electron chi connectivity index (χ1n) is 6.07. The predicted molar refractivity (Wildman–Crippen MR) is 72.0 cm³/mol. The summed E-state index contributed by atoms with van der Waals surface area (Å²) < 4.78 is 13.1. The van der Waals surface area contributed by atoms with Gasteiger partial charge in [-0.25, -0.2) is 4.39 Å². The van der Waals surface area contributed by atoms with Crippen molar-refractivity contribution in [1.82, 2.24) is 15.5 Å². The molecule has 0 radical (unpaired) electrons. The molecule has 1 N–H and O–H groups in total. The van der Waals surface area contributed by atoms with E-state index in [0.29, 0.717) is 0 Å². The maximum Gasteiger partial charge on any atom is 0.147 e. The van der Waals surface area contributed by atoms with Crippen molar-refractivity contribution in [1.29, 1.82) is 0 Å². The normalized spacial score (nSPS) is 12.6. The quantitative estimate of drug-likeness (QED) is 0.900. The number of hydrogen-bond acceptors (Lipinski definition) is 4. The van der Waals surface area contributed by atoms with E-state index in [4.69, 9.17) is 0 Å². The number of hydrogen-bond donors (Lipinski definition) is 1. The lowest BCUT2D eigenvalue weighted by Crippen LogP contribution is -2.19. The molecule has 0 bridgehead atoms. The Morgan fingerprint density at radius 2 is 2.17 bits per heavy atom. The Hall–Kier alpha value is -1.33. The van der Waals surface area contributed by atoms with E-state index in [0.717, 1.165) is 28.5 Å². The number of halogens is 1. The predicted octanol–water partition coefficient (Wildman–Crippen LogP) is 3.40. The molecule has 3 nitrogen and oxygen atoms in total. The van der Waals surface area contributed by atoms with Crippen LogP contribution in [0, 0.1) is 5.82 Å². The second kappa shape index (κ2) is 6.02. The Morgan fingerprint density at radius 3 is 2.83 bits per heavy atom. The van der Waals surface area contributed by atoms with Gasteiger partial charge in [-0.05, 0) is 25.1 Å². The van der Waals surface area contributed by atoms with Gasteiger partial charge in [0.1, 0.15) is 15.8 Å². The summed E-state index contributed by atoms with van der Waals surface area (Å²) in [6, 6.07) is 6.68. The first-order valence-corrected chi connectivity index (χ1v) is 6.89. The van der Waals surface area contributed by atoms with Gasteiger partial charge in [-0.2, -0.15) is 0 Å². The number of nitrogens with one attached hydrogen (secondary N) is 1. The standard InChI is InChI=1S/C13H16FN3S/c1-3-11(15-4-2)13-17-16-12(18-13)9-6-5-7-10(14)8-9/h5-8,11,15H,3-4H2,1-2H3. The molecule has 96 valence electrons. The molecular formula is C13H16FN3S. The summed E-state index contributed by atoms with van der Waals surface area (Å²) in [6.07, 6.45) is 0.964. The summed E-state index contributed by atoms with van der Waals surface area (Å²) in [7, 11) is 0. The summed E-state index contributed by atoms with van der Waals surface area (Å²) in [5, 5.41) is 13.4. The van der Waals surface area contributed by atoms with Crippen molar-refractivity contribution in [2.45, 2.75) is 26.3 Å². The van der Waals surface area contributed by atoms with Gasteiger partial charge in [-0.15, -0.1) is 10.2 Å². The molecule has 0 saturated heterocycles. The van der Waals surface area contributed by atoms with Crippen LogP contribution in [0.3, 0.4) is 0 Å². The highest BCUT2D eigenvalue weighted by molar-refractivity contribution is 7.14. The van der Waals surface area contributed by atoms with Crippen LogP contribution in [-0.4, -0.2) is 16.7 Å². The van der Waals surface area contributed by atoms with E-state index in [2.05, 4.69) is 29.4 Å². The molecule has 0 spiro atoms. The number of benzene rings is 1. The fraction of sp³-hybridized carbons (Fsp3) is 0.385. The maximum atomic E-state index is 13.1. The fourth-order valence-electron chi connectivity index (χ4n) is 1.77. The molecule has 0 aliphatic rings. The van der Waals surface area contributed by atoms with E-state index in [9.17, 15) is 4.39 Å². The summed E-state index contributed by atoms with van der Waals surface area (Å²) in [4.78, 5) is 0. The third kappa shape index (κ3) is 2.91. The minimum absolute atomic E-state index is 0.231. The minimum Gasteiger partial charge on any atom is -0.308 e. The van der Waals surface area contributed by atoms with Gasteiger partial charge >= 0.3 is 0 Å². The lowest BCUT2D eigenvalue weighted by molar-refractivity contribution is 0.531. The van der Waals surface area contributed by atoms with Crippen LogP contribution >= 0.6 is 11.3 Å². The average Bonchev–Trinajstić information content (AvgIpc) is 2.85. The fourth-order valence-corrected chi connectivity index (χ4v) is 2.76. The van der Waals surface area contributed by atoms with Crippen molar-refractivity contribution >= 4 is 11.3 Å². The summed E-state index contributed by atoms with van der Waals surface area (Å²) in [5.74, 6) is -0.247. The molecule has 1 unspecified atom stereocenters. The molecule has 2 rings (SSSR count). The second-order valence-electron chi connectivity index (χ2n) is 3.97. The van der Waals surface area contributed by atoms with Crippen LogP contribution in [0.25, 0.3) is 10.6 Å². The Kier molecular flexibility index (Phi) is 4.38. The molecule has 1 atom stereocenters. The largest absolute Gasteiger partial charge is 0.308 e. The van der Waals surface area contributed by atoms with Crippen LogP contribution in [0.5, 0.6) is 0 Å². The van der Waals surface area contributed by atoms with Crippen LogP contribution in [0.2, 0.25) is 0 Å². The van der Waals surface area contributed by atoms with Gasteiger partial charge in [0, 0.05) is 5.56 Å². The number of nitrogens with zero attached hydrogens (tertiary/aromatic N) is 2. The molecule has 0 saturated carbocycles. The van der Waals surface area contributed by atoms with E-state index in [1.807, 2.05) is 6.07 Å². The number of aromatic nitrogens is 2. The van der Waals surface area contributed by atoms with Crippen LogP contribution in [0.1, 0.15) is 31.3 Å². The Bertz CT molecular complexity index is 512. The third-order valence-corrected chi connectivity index (χ3v) is 3.76. The highest BCUT2D eigenvalue weighted by Crippen LogP contribution is 2.28. The van der Waals surface area contributed by atoms with Crippen molar-refractivity contribution in [3.8, 4) is 10.6 Å². The van der Waals surface area contributed by atoms with Gasteiger partial charge in [0.25, 0.3) is 0 Å². The molecule has 0 aliphatic heterocycles. The van der Waals surface area contributed by atoms with E-state index in [1.165, 1.54) is 23.5 Å². The lowest BCUT2D eigenvalue weighted by atomic mass is 10.2. The molecule has 1 aromatic heterocycles. The van der Waals surface area contributed by atoms with Crippen LogP contribution in [0.4, 0.5) is 4.39 Å². The average molecular weight is 265 g/mol. The highest BCUT2D eigenvalue weighted by Gasteiger charge is 2.14. The van der Waals surface area contributed by atoms with Crippen molar-refractivity contribution in [2.24, 2.45) is 0 Å². The summed E-state index contributed by atoms with van der Waals surface area (Å²) >= 11 is 1.52. The monoisotopic (exact) mass is 265 g/mol. The molecule has 1 heterocycles. The first kappa shape index (κ1) is 13.1. The van der Waals surface area contributed by atoms with Crippen molar-refractivity contribution in [3.63, 3.8) is 0 Å². The molecule has 18 heavy (non-hydrogen) atoms. The van der Waals surface area contributed by atoms with Gasteiger partial charge in [0.15, 0.2) is 0 Å². The molecule has 0 amide bonds. The van der Waals surface area contributed by atoms with E-state index in [1.54, 1.807) is 6.07 Å². The molecule has 0 fully saturated rings. The Morgan fingerprint density at radius 1 is 1.33 bits per heavy atom. The zero-order chi connectivity index (χ0) is 13.0. The van der Waals surface area contributed by atoms with Gasteiger partial charge in [-0.1, -0.05) is 37.3 Å². The van der Waals surface area contributed by atoms with Crippen molar-refractivity contribution in [2.75, 3.05) is 6.54 Å². The van der Waals surface area contributed by atoms with Crippen molar-refractivity contribution < 1.29 is 4.39 Å². The highest BCUT2D eigenvalue weighted by atomic mass is 32.1. The first-order chi connectivity index (χ1) is 8.74. The molecular weight excluding hydrogens is 249 g/mol. The molecule has 2 aromatic rings. The lowest BCUT2D eigenvalue weighted by Gasteiger charge is -2.10. The van der Waals surface area contributed by atoms with Crippen molar-refractivity contribution in [3.05, 3.63) is 35.1 Å². The minimum atomic E-state index is -0.247. The van der Waals surface area contributed by atoms with Gasteiger partial charge < -0.3 is 5.32 Å². The Balaban J connectivity index is 2.24. The van der Waals surface area contributed by atoms with Gasteiger partial charge in [0.05, 0.1) is 6.04 Å². The molecule has 0 aliphatic carbocycles. The number of rotatable bonds is 5. The van der Waals surface area contributed by atoms with E-state index in [-0.39, 0.29) is 11.9 Å². The smallest absolute Gasteiger partial charge is 0.147 e. The van der Waals surface area contributed by atoms with Crippen LogP contribution < -0.4 is 5.32 Å².